The number of rotatable bonds is 6. The molecule has 0 aliphatic carbocycles. The molecule has 0 saturated carbocycles. The normalized spacial score (nSPS) is 11.6. The monoisotopic (exact) mass is 481 g/mol. The zero-order valence-corrected chi connectivity index (χ0v) is 20.2. The minimum atomic E-state index is -1.20. The molecule has 0 bridgehead atoms. The van der Waals surface area contributed by atoms with Gasteiger partial charge in [0.15, 0.2) is 11.7 Å². The van der Waals surface area contributed by atoms with E-state index in [9.17, 15) is 9.90 Å². The summed E-state index contributed by atoms with van der Waals surface area (Å²) in [7, 11) is 0. The predicted octanol–water partition coefficient (Wildman–Crippen LogP) is 4.06. The third kappa shape index (κ3) is 4.71. The molecule has 9 nitrogen and oxygen atoms in total. The van der Waals surface area contributed by atoms with Crippen LogP contribution in [0.4, 0.5) is 0 Å². The maximum Gasteiger partial charge on any atom is 0.277 e. The van der Waals surface area contributed by atoms with E-state index in [2.05, 4.69) is 19.9 Å². The highest BCUT2D eigenvalue weighted by Crippen LogP contribution is 2.27. The van der Waals surface area contributed by atoms with Gasteiger partial charge in [-0.15, -0.1) is 0 Å². The van der Waals surface area contributed by atoms with Crippen LogP contribution in [0.1, 0.15) is 42.6 Å². The lowest BCUT2D eigenvalue weighted by Gasteiger charge is -2.17. The van der Waals surface area contributed by atoms with Crippen LogP contribution in [0.3, 0.4) is 0 Å². The number of hydrogen-bond donors (Lipinski definition) is 1. The lowest BCUT2D eigenvalue weighted by atomic mass is 10.1. The molecule has 4 aromatic rings. The van der Waals surface area contributed by atoms with Crippen LogP contribution in [0.15, 0.2) is 46.1 Å². The average molecular weight is 482 g/mol. The van der Waals surface area contributed by atoms with Gasteiger partial charge in [-0.25, -0.2) is 15.0 Å². The number of aryl methyl sites for hydroxylation is 3. The number of ether oxygens (including phenoxy) is 1. The first-order valence-corrected chi connectivity index (χ1v) is 10.9. The summed E-state index contributed by atoms with van der Waals surface area (Å²) in [6.07, 6.45) is 4.73. The lowest BCUT2D eigenvalue weighted by molar-refractivity contribution is 0.0688. The van der Waals surface area contributed by atoms with Crippen LogP contribution in [0, 0.1) is 20.8 Å². The molecule has 0 aliphatic rings. The number of aromatic nitrogens is 5. The van der Waals surface area contributed by atoms with E-state index in [1.165, 1.54) is 10.8 Å². The molecular weight excluding hydrogens is 458 g/mol. The second-order valence-electron chi connectivity index (χ2n) is 8.40. The van der Waals surface area contributed by atoms with E-state index in [-0.39, 0.29) is 23.2 Å². The quantitative estimate of drug-likeness (QED) is 0.438. The molecule has 0 aliphatic heterocycles. The van der Waals surface area contributed by atoms with Crippen LogP contribution in [0.25, 0.3) is 16.9 Å². The zero-order valence-electron chi connectivity index (χ0n) is 19.5. The third-order valence-electron chi connectivity index (χ3n) is 5.14. The molecule has 4 aromatic heterocycles. The van der Waals surface area contributed by atoms with Gasteiger partial charge in [-0.2, -0.15) is 0 Å². The standard InChI is InChI=1S/C24H24ClN5O4/c1-13-8-20(34-12-17-11-33-15(3)28-17)21(25)22(31)30(13)19-9-16(10-27-14(19)2)18-6-7-26-23(29-18)24(4,5)32/h6-11,32H,12H2,1-5H3. The number of nitrogens with zero attached hydrogens (tertiary/aromatic N) is 5. The van der Waals surface area contributed by atoms with Crippen LogP contribution in [-0.4, -0.2) is 29.6 Å². The molecule has 0 saturated heterocycles. The van der Waals surface area contributed by atoms with Crippen molar-refractivity contribution in [3.05, 3.63) is 81.0 Å². The van der Waals surface area contributed by atoms with Crippen LogP contribution in [0.5, 0.6) is 5.75 Å². The van der Waals surface area contributed by atoms with E-state index in [1.54, 1.807) is 59.1 Å². The van der Waals surface area contributed by atoms with E-state index in [0.29, 0.717) is 39.9 Å². The Balaban J connectivity index is 1.73. The van der Waals surface area contributed by atoms with Crippen LogP contribution < -0.4 is 10.3 Å². The summed E-state index contributed by atoms with van der Waals surface area (Å²) in [4.78, 5) is 30.5. The third-order valence-corrected chi connectivity index (χ3v) is 5.49. The molecule has 1 N–H and O–H groups in total. The molecule has 4 heterocycles. The molecular formula is C24H24ClN5O4. The highest BCUT2D eigenvalue weighted by Gasteiger charge is 2.21. The Morgan fingerprint density at radius 1 is 1.18 bits per heavy atom. The number of halogens is 1. The fourth-order valence-corrected chi connectivity index (χ4v) is 3.61. The topological polar surface area (TPSA) is 116 Å². The Morgan fingerprint density at radius 3 is 2.62 bits per heavy atom. The van der Waals surface area contributed by atoms with Crippen molar-refractivity contribution in [1.82, 2.24) is 24.5 Å². The SMILES string of the molecule is Cc1nc(COc2cc(C)n(-c3cc(-c4ccnc(C(C)(C)O)n4)cnc3C)c(=O)c2Cl)co1. The highest BCUT2D eigenvalue weighted by atomic mass is 35.5. The van der Waals surface area contributed by atoms with Gasteiger partial charge in [0.25, 0.3) is 5.56 Å². The summed E-state index contributed by atoms with van der Waals surface area (Å²) in [6.45, 7) is 8.67. The first kappa shape index (κ1) is 23.6. The summed E-state index contributed by atoms with van der Waals surface area (Å²) in [5.41, 5.74) is 2.00. The number of aliphatic hydroxyl groups is 1. The van der Waals surface area contributed by atoms with Gasteiger partial charge < -0.3 is 14.3 Å². The fraction of sp³-hybridized carbons (Fsp3) is 0.292. The molecule has 0 amide bonds. The summed E-state index contributed by atoms with van der Waals surface area (Å²) >= 11 is 6.40. The van der Waals surface area contributed by atoms with Gasteiger partial charge >= 0.3 is 0 Å². The Bertz CT molecular complexity index is 1420. The van der Waals surface area contributed by atoms with E-state index in [1.807, 2.05) is 6.07 Å². The van der Waals surface area contributed by atoms with Gasteiger partial charge in [0, 0.05) is 36.6 Å². The first-order chi connectivity index (χ1) is 16.0. The second-order valence-corrected chi connectivity index (χ2v) is 8.78. The minimum Gasteiger partial charge on any atom is -0.485 e. The molecule has 4 rings (SSSR count). The zero-order chi connectivity index (χ0) is 24.6. The van der Waals surface area contributed by atoms with Gasteiger partial charge in [-0.05, 0) is 39.8 Å². The first-order valence-electron chi connectivity index (χ1n) is 10.5. The Kier molecular flexibility index (Phi) is 6.24. The van der Waals surface area contributed by atoms with Crippen molar-refractivity contribution in [2.45, 2.75) is 46.8 Å². The molecule has 0 spiro atoms. The van der Waals surface area contributed by atoms with Crippen molar-refractivity contribution < 1.29 is 14.3 Å². The Labute approximate surface area is 201 Å². The van der Waals surface area contributed by atoms with E-state index in [4.69, 9.17) is 20.8 Å². The molecule has 0 radical (unpaired) electrons. The van der Waals surface area contributed by atoms with Gasteiger partial charge in [0.2, 0.25) is 0 Å². The van der Waals surface area contributed by atoms with E-state index in [0.717, 1.165) is 0 Å². The van der Waals surface area contributed by atoms with E-state index >= 15 is 0 Å². The maximum atomic E-state index is 13.2. The van der Waals surface area contributed by atoms with Gasteiger partial charge in [-0.3, -0.25) is 14.3 Å². The molecule has 34 heavy (non-hydrogen) atoms. The summed E-state index contributed by atoms with van der Waals surface area (Å²) in [6, 6.07) is 5.22. The smallest absolute Gasteiger partial charge is 0.277 e. The maximum absolute atomic E-state index is 13.2. The molecule has 0 fully saturated rings. The van der Waals surface area contributed by atoms with Crippen LogP contribution in [-0.2, 0) is 12.2 Å². The molecule has 0 aromatic carbocycles. The highest BCUT2D eigenvalue weighted by molar-refractivity contribution is 6.31. The molecule has 0 atom stereocenters. The number of hydrogen-bond acceptors (Lipinski definition) is 8. The van der Waals surface area contributed by atoms with Gasteiger partial charge in [0.1, 0.15) is 34.9 Å². The lowest BCUT2D eigenvalue weighted by Crippen LogP contribution is -2.23. The Morgan fingerprint density at radius 2 is 1.94 bits per heavy atom. The van der Waals surface area contributed by atoms with Crippen molar-refractivity contribution in [1.29, 1.82) is 0 Å². The number of pyridine rings is 2. The van der Waals surface area contributed by atoms with Crippen molar-refractivity contribution in [2.75, 3.05) is 0 Å². The molecule has 10 heteroatoms. The largest absolute Gasteiger partial charge is 0.485 e. The molecule has 176 valence electrons. The van der Waals surface area contributed by atoms with Gasteiger partial charge in [0.05, 0.1) is 17.1 Å². The van der Waals surface area contributed by atoms with E-state index < -0.39 is 11.2 Å². The van der Waals surface area contributed by atoms with Crippen molar-refractivity contribution in [3.63, 3.8) is 0 Å². The van der Waals surface area contributed by atoms with Crippen molar-refractivity contribution in [3.8, 4) is 22.7 Å². The second kappa shape index (κ2) is 9.00. The minimum absolute atomic E-state index is 0.0537. The average Bonchev–Trinajstić information content (AvgIpc) is 3.21. The van der Waals surface area contributed by atoms with Crippen molar-refractivity contribution >= 4 is 11.6 Å². The number of oxazole rings is 1. The van der Waals surface area contributed by atoms with Crippen LogP contribution in [0.2, 0.25) is 5.02 Å². The predicted molar refractivity (Wildman–Crippen MR) is 126 cm³/mol. The fourth-order valence-electron chi connectivity index (χ4n) is 3.41. The van der Waals surface area contributed by atoms with Crippen LogP contribution >= 0.6 is 11.6 Å². The summed E-state index contributed by atoms with van der Waals surface area (Å²) < 4.78 is 12.4. The van der Waals surface area contributed by atoms with Crippen molar-refractivity contribution in [2.24, 2.45) is 0 Å². The summed E-state index contributed by atoms with van der Waals surface area (Å²) in [5.74, 6) is 1.07. The molecule has 0 unspecified atom stereocenters. The van der Waals surface area contributed by atoms with Gasteiger partial charge in [-0.1, -0.05) is 11.6 Å². The Hall–Kier alpha value is -3.56. The summed E-state index contributed by atoms with van der Waals surface area (Å²) in [5, 5.41) is 10.2.